The lowest BCUT2D eigenvalue weighted by atomic mass is 10.0. The van der Waals surface area contributed by atoms with Gasteiger partial charge in [-0.15, -0.1) is 0 Å². The number of rotatable bonds is 3. The average Bonchev–Trinajstić information content (AvgIpc) is 2.37. The molecule has 0 aromatic heterocycles. The van der Waals surface area contributed by atoms with Crippen LogP contribution in [0, 0.1) is 0 Å². The molecular weight excluding hydrogens is 243 g/mol. The van der Waals surface area contributed by atoms with Crippen LogP contribution in [0.25, 0.3) is 0 Å². The SMILES string of the molecule is CC.CNC(=O)c1ccccc1CCC(F)(F)F. The molecule has 102 valence electrons. The van der Waals surface area contributed by atoms with Crippen LogP contribution in [0.15, 0.2) is 24.3 Å². The smallest absolute Gasteiger partial charge is 0.355 e. The van der Waals surface area contributed by atoms with Gasteiger partial charge in [0, 0.05) is 19.0 Å². The minimum absolute atomic E-state index is 0.174. The normalized spacial score (nSPS) is 10.3. The van der Waals surface area contributed by atoms with Crippen molar-refractivity contribution in [1.29, 1.82) is 0 Å². The van der Waals surface area contributed by atoms with Crippen LogP contribution in [0.1, 0.15) is 36.2 Å². The van der Waals surface area contributed by atoms with Gasteiger partial charge in [0.05, 0.1) is 0 Å². The number of carbonyl (C=O) groups is 1. The molecule has 0 fully saturated rings. The maximum atomic E-state index is 12.1. The minimum Gasteiger partial charge on any atom is -0.355 e. The number of hydrogen-bond acceptors (Lipinski definition) is 1. The van der Waals surface area contributed by atoms with Crippen molar-refractivity contribution in [3.63, 3.8) is 0 Å². The van der Waals surface area contributed by atoms with E-state index in [4.69, 9.17) is 0 Å². The third-order valence-electron chi connectivity index (χ3n) is 2.17. The molecule has 1 N–H and O–H groups in total. The van der Waals surface area contributed by atoms with Gasteiger partial charge in [-0.2, -0.15) is 13.2 Å². The summed E-state index contributed by atoms with van der Waals surface area (Å²) in [6.07, 6.45) is -5.29. The molecular formula is C13H18F3NO. The van der Waals surface area contributed by atoms with Crippen LogP contribution in [0.3, 0.4) is 0 Å². The van der Waals surface area contributed by atoms with Crippen molar-refractivity contribution in [2.24, 2.45) is 0 Å². The van der Waals surface area contributed by atoms with Crippen molar-refractivity contribution >= 4 is 5.91 Å². The highest BCUT2D eigenvalue weighted by molar-refractivity contribution is 5.95. The summed E-state index contributed by atoms with van der Waals surface area (Å²) in [5.74, 6) is -0.363. The summed E-state index contributed by atoms with van der Waals surface area (Å²) in [4.78, 5) is 11.4. The molecule has 0 unspecified atom stereocenters. The van der Waals surface area contributed by atoms with Crippen LogP contribution in [-0.2, 0) is 6.42 Å². The van der Waals surface area contributed by atoms with E-state index >= 15 is 0 Å². The molecule has 0 saturated carbocycles. The lowest BCUT2D eigenvalue weighted by Crippen LogP contribution is -2.20. The summed E-state index contributed by atoms with van der Waals surface area (Å²) >= 11 is 0. The van der Waals surface area contributed by atoms with Crippen LogP contribution < -0.4 is 5.32 Å². The molecule has 1 aromatic carbocycles. The van der Waals surface area contributed by atoms with Crippen LogP contribution >= 0.6 is 0 Å². The zero-order chi connectivity index (χ0) is 14.2. The molecule has 18 heavy (non-hydrogen) atoms. The third kappa shape index (κ3) is 5.70. The van der Waals surface area contributed by atoms with Crippen molar-refractivity contribution in [2.45, 2.75) is 32.9 Å². The highest BCUT2D eigenvalue weighted by atomic mass is 19.4. The van der Waals surface area contributed by atoms with Gasteiger partial charge in [0.15, 0.2) is 0 Å². The molecule has 0 bridgehead atoms. The zero-order valence-electron chi connectivity index (χ0n) is 10.8. The van der Waals surface area contributed by atoms with E-state index in [1.807, 2.05) is 13.8 Å². The Morgan fingerprint density at radius 3 is 2.28 bits per heavy atom. The van der Waals surface area contributed by atoms with Crippen LogP contribution in [-0.4, -0.2) is 19.1 Å². The molecule has 5 heteroatoms. The predicted octanol–water partition coefficient (Wildman–Crippen LogP) is 3.57. The van der Waals surface area contributed by atoms with E-state index in [9.17, 15) is 18.0 Å². The number of halogens is 3. The molecule has 1 rings (SSSR count). The summed E-state index contributed by atoms with van der Waals surface area (Å²) < 4.78 is 36.2. The number of amides is 1. The summed E-state index contributed by atoms with van der Waals surface area (Å²) in [7, 11) is 1.45. The van der Waals surface area contributed by atoms with Crippen LogP contribution in [0.5, 0.6) is 0 Å². The second-order valence-electron chi connectivity index (χ2n) is 3.35. The first-order chi connectivity index (χ1) is 8.44. The van der Waals surface area contributed by atoms with Crippen molar-refractivity contribution in [1.82, 2.24) is 5.32 Å². The van der Waals surface area contributed by atoms with E-state index in [2.05, 4.69) is 5.32 Å². The largest absolute Gasteiger partial charge is 0.389 e. The number of carbonyl (C=O) groups excluding carboxylic acids is 1. The zero-order valence-corrected chi connectivity index (χ0v) is 10.8. The molecule has 0 aliphatic rings. The molecule has 0 atom stereocenters. The number of benzene rings is 1. The summed E-state index contributed by atoms with van der Waals surface area (Å²) in [5.41, 5.74) is 0.716. The fourth-order valence-electron chi connectivity index (χ4n) is 1.37. The average molecular weight is 261 g/mol. The Morgan fingerprint density at radius 1 is 1.22 bits per heavy atom. The Bertz CT molecular complexity index is 375. The summed E-state index contributed by atoms with van der Waals surface area (Å²) in [6.45, 7) is 4.00. The topological polar surface area (TPSA) is 29.1 Å². The fourth-order valence-corrected chi connectivity index (χ4v) is 1.37. The van der Waals surface area contributed by atoms with Gasteiger partial charge in [0.1, 0.15) is 0 Å². The first-order valence-corrected chi connectivity index (χ1v) is 5.81. The van der Waals surface area contributed by atoms with Gasteiger partial charge < -0.3 is 5.32 Å². The van der Waals surface area contributed by atoms with E-state index in [1.165, 1.54) is 19.2 Å². The van der Waals surface area contributed by atoms with E-state index in [-0.39, 0.29) is 12.3 Å². The molecule has 1 aromatic rings. The lowest BCUT2D eigenvalue weighted by Gasteiger charge is -2.09. The molecule has 2 nitrogen and oxygen atoms in total. The van der Waals surface area contributed by atoms with E-state index < -0.39 is 12.6 Å². The first-order valence-electron chi connectivity index (χ1n) is 5.81. The summed E-state index contributed by atoms with van der Waals surface area (Å²) in [6, 6.07) is 6.31. The number of hydrogen-bond donors (Lipinski definition) is 1. The molecule has 0 heterocycles. The molecule has 1 amide bonds. The highest BCUT2D eigenvalue weighted by Crippen LogP contribution is 2.23. The Hall–Kier alpha value is -1.52. The molecule has 0 spiro atoms. The Balaban J connectivity index is 0.00000137. The van der Waals surface area contributed by atoms with Crippen LogP contribution in [0.4, 0.5) is 13.2 Å². The van der Waals surface area contributed by atoms with Gasteiger partial charge in [-0.25, -0.2) is 0 Å². The van der Waals surface area contributed by atoms with Crippen molar-refractivity contribution in [2.75, 3.05) is 7.05 Å². The second-order valence-corrected chi connectivity index (χ2v) is 3.35. The van der Waals surface area contributed by atoms with Crippen molar-refractivity contribution in [3.05, 3.63) is 35.4 Å². The van der Waals surface area contributed by atoms with Gasteiger partial charge in [-0.1, -0.05) is 32.0 Å². The number of alkyl halides is 3. The highest BCUT2D eigenvalue weighted by Gasteiger charge is 2.27. The minimum atomic E-state index is -4.20. The maximum Gasteiger partial charge on any atom is 0.389 e. The van der Waals surface area contributed by atoms with Gasteiger partial charge in [-0.3, -0.25) is 4.79 Å². The van der Waals surface area contributed by atoms with Crippen molar-refractivity contribution in [3.8, 4) is 0 Å². The quantitative estimate of drug-likeness (QED) is 0.885. The lowest BCUT2D eigenvalue weighted by molar-refractivity contribution is -0.134. The molecule has 0 radical (unpaired) electrons. The monoisotopic (exact) mass is 261 g/mol. The van der Waals surface area contributed by atoms with Gasteiger partial charge in [0.25, 0.3) is 5.91 Å². The molecule has 0 saturated heterocycles. The number of nitrogens with one attached hydrogen (secondary N) is 1. The van der Waals surface area contributed by atoms with Crippen molar-refractivity contribution < 1.29 is 18.0 Å². The Morgan fingerprint density at radius 2 is 1.78 bits per heavy atom. The Kier molecular flexibility index (Phi) is 7.08. The van der Waals surface area contributed by atoms with Gasteiger partial charge in [0.2, 0.25) is 0 Å². The van der Waals surface area contributed by atoms with E-state index in [0.29, 0.717) is 11.1 Å². The van der Waals surface area contributed by atoms with Crippen LogP contribution in [0.2, 0.25) is 0 Å². The summed E-state index contributed by atoms with van der Waals surface area (Å²) in [5, 5.41) is 2.40. The van der Waals surface area contributed by atoms with E-state index in [0.717, 1.165) is 0 Å². The van der Waals surface area contributed by atoms with E-state index in [1.54, 1.807) is 12.1 Å². The molecule has 0 aliphatic carbocycles. The predicted molar refractivity (Wildman–Crippen MR) is 65.6 cm³/mol. The first kappa shape index (κ1) is 16.5. The number of aryl methyl sites for hydroxylation is 1. The van der Waals surface area contributed by atoms with Gasteiger partial charge >= 0.3 is 6.18 Å². The fraction of sp³-hybridized carbons (Fsp3) is 0.462. The third-order valence-corrected chi connectivity index (χ3v) is 2.17. The molecule has 0 aliphatic heterocycles. The standard InChI is InChI=1S/C11H12F3NO.C2H6/c1-15-10(16)9-5-3-2-4-8(9)6-7-11(12,13)14;1-2/h2-5H,6-7H2,1H3,(H,15,16);1-2H3. The Labute approximate surface area is 105 Å². The maximum absolute atomic E-state index is 12.1. The second kappa shape index (κ2) is 7.74. The van der Waals surface area contributed by atoms with Gasteiger partial charge in [-0.05, 0) is 18.1 Å².